The zero-order chi connectivity index (χ0) is 37.6. The van der Waals surface area contributed by atoms with Crippen LogP contribution in [0.15, 0.2) is 84.6 Å². The Kier molecular flexibility index (Phi) is 17.3. The molecule has 3 N–H and O–H groups in total. The number of ether oxygens (including phenoxy) is 4. The smallest absolute Gasteiger partial charge is 0.335 e. The summed E-state index contributed by atoms with van der Waals surface area (Å²) in [6.45, 7) is 15.8. The normalized spacial score (nSPS) is 34.8. The van der Waals surface area contributed by atoms with Gasteiger partial charge in [0.15, 0.2) is 6.10 Å². The molecule has 0 aromatic carbocycles. The molecule has 2 saturated heterocycles. The third kappa shape index (κ3) is 13.4. The first kappa shape index (κ1) is 42.3. The molecule has 2 fully saturated rings. The molecule has 3 rings (SSSR count). The predicted molar refractivity (Wildman–Crippen MR) is 199 cm³/mol. The molecule has 0 aliphatic carbocycles. The van der Waals surface area contributed by atoms with Crippen molar-refractivity contribution < 1.29 is 43.9 Å². The van der Waals surface area contributed by atoms with E-state index in [1.807, 2.05) is 45.1 Å². The molecule has 0 spiro atoms. The topological polar surface area (TPSA) is 132 Å². The number of carbonyl (C=O) groups excluding carboxylic acids is 2. The number of carbonyl (C=O) groups is 2. The second kappa shape index (κ2) is 20.8. The van der Waals surface area contributed by atoms with E-state index in [-0.39, 0.29) is 43.9 Å². The van der Waals surface area contributed by atoms with E-state index < -0.39 is 41.8 Å². The van der Waals surface area contributed by atoms with Gasteiger partial charge in [0.05, 0.1) is 42.5 Å². The van der Waals surface area contributed by atoms with Crippen molar-refractivity contribution >= 4 is 11.9 Å². The van der Waals surface area contributed by atoms with E-state index in [4.69, 9.17) is 18.9 Å². The lowest BCUT2D eigenvalue weighted by Crippen LogP contribution is -2.55. The van der Waals surface area contributed by atoms with Crippen molar-refractivity contribution in [3.05, 3.63) is 84.6 Å². The number of allylic oxidation sites excluding steroid dienone is 6. The van der Waals surface area contributed by atoms with Crippen molar-refractivity contribution in [2.45, 2.75) is 129 Å². The van der Waals surface area contributed by atoms with E-state index in [1.54, 1.807) is 18.2 Å². The largest absolute Gasteiger partial charge is 0.459 e. The second-order valence-electron chi connectivity index (χ2n) is 15.2. The number of fused-ring (bicyclic) bond motifs is 4. The molecule has 0 radical (unpaired) electrons. The predicted octanol–water partition coefficient (Wildman–Crippen LogP) is 6.65. The van der Waals surface area contributed by atoms with Gasteiger partial charge in [-0.1, -0.05) is 108 Å². The molecule has 0 aromatic rings. The van der Waals surface area contributed by atoms with E-state index >= 15 is 0 Å². The first-order valence-electron chi connectivity index (χ1n) is 18.6. The summed E-state index contributed by atoms with van der Waals surface area (Å²) in [5.41, 5.74) is 0.620. The molecular weight excluding hydrogens is 648 g/mol. The van der Waals surface area contributed by atoms with E-state index in [0.717, 1.165) is 18.4 Å². The Bertz CT molecular complexity index is 1320. The standard InChI is InChI=1S/C42H62O9/c1-28(2)22-36(45)31(5)26-48-41(47)35(44)19-14-15-20-38-42(7,27-43)39-25-34(50-38)18-11-8-10-16-29(3)23-37-32(6)30(4)24-33(49-37)17-12-9-13-21-40(46)51-39/h9-16,18,21,23,28,30,32-39,43-45H,5,8,17,19-20,22,24-27H2,1-4,6-7H3/b12-9+,15-14-,16-10+,18-11?,21-13+,29-23-. The maximum Gasteiger partial charge on any atom is 0.335 e. The third-order valence-corrected chi connectivity index (χ3v) is 10.3. The van der Waals surface area contributed by atoms with Gasteiger partial charge in [0, 0.05) is 18.9 Å². The molecule has 0 amide bonds. The summed E-state index contributed by atoms with van der Waals surface area (Å²) in [7, 11) is 0. The number of aliphatic hydroxyl groups is 3. The van der Waals surface area contributed by atoms with Crippen molar-refractivity contribution in [3.63, 3.8) is 0 Å². The molecule has 10 unspecified atom stereocenters. The fourth-order valence-corrected chi connectivity index (χ4v) is 6.65. The monoisotopic (exact) mass is 710 g/mol. The molecule has 4 bridgehead atoms. The minimum absolute atomic E-state index is 0.00816. The minimum Gasteiger partial charge on any atom is -0.459 e. The average Bonchev–Trinajstić information content (AvgIpc) is 3.07. The van der Waals surface area contributed by atoms with Gasteiger partial charge in [-0.25, -0.2) is 9.59 Å². The first-order valence-corrected chi connectivity index (χ1v) is 18.6. The van der Waals surface area contributed by atoms with Gasteiger partial charge < -0.3 is 34.3 Å². The Morgan fingerprint density at radius 2 is 1.84 bits per heavy atom. The van der Waals surface area contributed by atoms with Gasteiger partial charge in [-0.15, -0.1) is 0 Å². The Morgan fingerprint density at radius 1 is 1.08 bits per heavy atom. The van der Waals surface area contributed by atoms with Crippen LogP contribution in [0.5, 0.6) is 0 Å². The highest BCUT2D eigenvalue weighted by Gasteiger charge is 2.49. The van der Waals surface area contributed by atoms with Crippen LogP contribution in [0.1, 0.15) is 86.5 Å². The van der Waals surface area contributed by atoms with Crippen molar-refractivity contribution in [2.24, 2.45) is 23.2 Å². The van der Waals surface area contributed by atoms with Gasteiger partial charge in [-0.2, -0.15) is 0 Å². The fraction of sp³-hybridized carbons (Fsp3) is 0.619. The quantitative estimate of drug-likeness (QED) is 0.159. The molecule has 284 valence electrons. The van der Waals surface area contributed by atoms with Gasteiger partial charge in [0.25, 0.3) is 0 Å². The average molecular weight is 711 g/mol. The van der Waals surface area contributed by atoms with Crippen LogP contribution in [0.2, 0.25) is 0 Å². The fourth-order valence-electron chi connectivity index (χ4n) is 6.65. The number of esters is 2. The summed E-state index contributed by atoms with van der Waals surface area (Å²) in [6, 6.07) is 0. The van der Waals surface area contributed by atoms with Gasteiger partial charge in [0.1, 0.15) is 12.7 Å². The van der Waals surface area contributed by atoms with Crippen LogP contribution in [0.4, 0.5) is 0 Å². The number of hydrogen-bond donors (Lipinski definition) is 3. The summed E-state index contributed by atoms with van der Waals surface area (Å²) in [5.74, 6) is -0.100. The molecule has 3 heterocycles. The summed E-state index contributed by atoms with van der Waals surface area (Å²) in [6.07, 6.45) is 20.9. The Hall–Kier alpha value is -3.08. The van der Waals surface area contributed by atoms with Crippen molar-refractivity contribution in [2.75, 3.05) is 13.2 Å². The van der Waals surface area contributed by atoms with E-state index in [2.05, 4.69) is 45.6 Å². The van der Waals surface area contributed by atoms with E-state index in [9.17, 15) is 24.9 Å². The molecule has 10 atom stereocenters. The zero-order valence-electron chi connectivity index (χ0n) is 31.5. The minimum atomic E-state index is -1.39. The van der Waals surface area contributed by atoms with Gasteiger partial charge >= 0.3 is 11.9 Å². The summed E-state index contributed by atoms with van der Waals surface area (Å²) < 4.78 is 24.1. The van der Waals surface area contributed by atoms with Crippen LogP contribution in [-0.4, -0.2) is 83.2 Å². The Morgan fingerprint density at radius 3 is 2.57 bits per heavy atom. The summed E-state index contributed by atoms with van der Waals surface area (Å²) in [5, 5.41) is 31.1. The van der Waals surface area contributed by atoms with Crippen LogP contribution in [0.25, 0.3) is 0 Å². The van der Waals surface area contributed by atoms with E-state index in [0.29, 0.717) is 43.1 Å². The number of hydrogen-bond acceptors (Lipinski definition) is 9. The first-order chi connectivity index (χ1) is 24.2. The molecular formula is C42H62O9. The number of rotatable bonds is 11. The molecule has 0 saturated carbocycles. The third-order valence-electron chi connectivity index (χ3n) is 10.3. The van der Waals surface area contributed by atoms with Crippen molar-refractivity contribution in [3.8, 4) is 0 Å². The van der Waals surface area contributed by atoms with Gasteiger partial charge in [0.2, 0.25) is 0 Å². The second-order valence-corrected chi connectivity index (χ2v) is 15.2. The summed E-state index contributed by atoms with van der Waals surface area (Å²) >= 11 is 0. The van der Waals surface area contributed by atoms with Crippen molar-refractivity contribution in [1.29, 1.82) is 0 Å². The molecule has 9 heteroatoms. The van der Waals surface area contributed by atoms with Crippen LogP contribution in [-0.2, 0) is 28.5 Å². The molecule has 0 aromatic heterocycles. The maximum atomic E-state index is 13.0. The van der Waals surface area contributed by atoms with Crippen LogP contribution < -0.4 is 0 Å². The number of aliphatic hydroxyl groups excluding tert-OH is 3. The Balaban J connectivity index is 1.71. The maximum absolute atomic E-state index is 13.0. The molecule has 9 nitrogen and oxygen atoms in total. The lowest BCUT2D eigenvalue weighted by Gasteiger charge is -2.47. The van der Waals surface area contributed by atoms with Crippen LogP contribution >= 0.6 is 0 Å². The lowest BCUT2D eigenvalue weighted by atomic mass is 9.73. The van der Waals surface area contributed by atoms with Gasteiger partial charge in [-0.05, 0) is 62.4 Å². The molecule has 3 aliphatic heterocycles. The Labute approximate surface area is 305 Å². The SMILES string of the molecule is C=C(COC(=O)C(O)C/C=C\CC1OC2C=CC/C=C/C(C)=C\C3OC(C/C=C/C=C/C(=O)OC(C2)C1(C)CO)CC(C)C3C)C(O)CC(C)C. The van der Waals surface area contributed by atoms with E-state index in [1.165, 1.54) is 6.08 Å². The summed E-state index contributed by atoms with van der Waals surface area (Å²) in [4.78, 5) is 25.4. The van der Waals surface area contributed by atoms with Gasteiger partial charge in [-0.3, -0.25) is 0 Å². The van der Waals surface area contributed by atoms with Crippen molar-refractivity contribution in [1.82, 2.24) is 0 Å². The molecule has 51 heavy (non-hydrogen) atoms. The van der Waals surface area contributed by atoms with Crippen LogP contribution in [0.3, 0.4) is 0 Å². The highest BCUT2D eigenvalue weighted by atomic mass is 16.6. The lowest BCUT2D eigenvalue weighted by molar-refractivity contribution is -0.198. The van der Waals surface area contributed by atoms with Crippen LogP contribution in [0, 0.1) is 23.2 Å². The highest BCUT2D eigenvalue weighted by molar-refractivity contribution is 5.82. The zero-order valence-corrected chi connectivity index (χ0v) is 31.5. The highest BCUT2D eigenvalue weighted by Crippen LogP contribution is 2.41. The molecule has 3 aliphatic rings.